The van der Waals surface area contributed by atoms with Crippen LogP contribution in [0.25, 0.3) is 10.6 Å². The van der Waals surface area contributed by atoms with Crippen molar-refractivity contribution in [2.75, 3.05) is 7.05 Å². The number of benzene rings is 1. The number of hydrogen-bond donors (Lipinski definition) is 0. The zero-order chi connectivity index (χ0) is 15.5. The molecular weight excluding hydrogens is 292 g/mol. The van der Waals surface area contributed by atoms with Gasteiger partial charge in [0.2, 0.25) is 0 Å². The quantitative estimate of drug-likeness (QED) is 0.723. The minimum Gasteiger partial charge on any atom is -0.296 e. The SMILES string of the molecule is Cc1cccc(-c2nc(CN(C)Cc3cnn(C)c3)cs2)c1. The third-order valence-corrected chi connectivity index (χ3v) is 4.40. The second kappa shape index (κ2) is 6.42. The van der Waals surface area contributed by atoms with E-state index in [0.717, 1.165) is 23.8 Å². The van der Waals surface area contributed by atoms with Crippen molar-refractivity contribution in [3.63, 3.8) is 0 Å². The van der Waals surface area contributed by atoms with Gasteiger partial charge in [-0.2, -0.15) is 5.10 Å². The molecule has 0 aliphatic heterocycles. The van der Waals surface area contributed by atoms with Gasteiger partial charge in [-0.05, 0) is 20.0 Å². The summed E-state index contributed by atoms with van der Waals surface area (Å²) >= 11 is 1.71. The standard InChI is InChI=1S/C17H20N4S/c1-13-5-4-6-15(7-13)17-19-16(12-22-17)11-20(2)9-14-8-18-21(3)10-14/h4-8,10,12H,9,11H2,1-3H3. The van der Waals surface area contributed by atoms with Crippen LogP contribution in [0.1, 0.15) is 16.8 Å². The van der Waals surface area contributed by atoms with E-state index >= 15 is 0 Å². The van der Waals surface area contributed by atoms with Crippen LogP contribution in [0.3, 0.4) is 0 Å². The van der Waals surface area contributed by atoms with Crippen LogP contribution in [0.15, 0.2) is 42.0 Å². The summed E-state index contributed by atoms with van der Waals surface area (Å²) in [6.07, 6.45) is 3.96. The maximum absolute atomic E-state index is 4.76. The second-order valence-electron chi connectivity index (χ2n) is 5.71. The van der Waals surface area contributed by atoms with Crippen LogP contribution in [0.5, 0.6) is 0 Å². The van der Waals surface area contributed by atoms with Crippen LogP contribution < -0.4 is 0 Å². The molecule has 0 amide bonds. The zero-order valence-corrected chi connectivity index (χ0v) is 14.0. The first-order valence-corrected chi connectivity index (χ1v) is 8.15. The molecule has 2 aromatic heterocycles. The molecule has 0 saturated heterocycles. The maximum atomic E-state index is 4.76. The van der Waals surface area contributed by atoms with Gasteiger partial charge < -0.3 is 0 Å². The van der Waals surface area contributed by atoms with Crippen molar-refractivity contribution in [2.24, 2.45) is 7.05 Å². The highest BCUT2D eigenvalue weighted by Gasteiger charge is 2.08. The minimum absolute atomic E-state index is 0.844. The average Bonchev–Trinajstić information content (AvgIpc) is 3.08. The topological polar surface area (TPSA) is 34.0 Å². The van der Waals surface area contributed by atoms with E-state index in [1.807, 2.05) is 17.9 Å². The Morgan fingerprint density at radius 1 is 1.27 bits per heavy atom. The molecule has 0 bridgehead atoms. The molecule has 22 heavy (non-hydrogen) atoms. The van der Waals surface area contributed by atoms with Gasteiger partial charge in [0.25, 0.3) is 0 Å². The van der Waals surface area contributed by atoms with E-state index in [-0.39, 0.29) is 0 Å². The lowest BCUT2D eigenvalue weighted by molar-refractivity contribution is 0.316. The second-order valence-corrected chi connectivity index (χ2v) is 6.57. The molecule has 0 fully saturated rings. The Kier molecular flexibility index (Phi) is 4.36. The normalized spacial score (nSPS) is 11.3. The van der Waals surface area contributed by atoms with E-state index in [4.69, 9.17) is 4.98 Å². The Morgan fingerprint density at radius 2 is 2.14 bits per heavy atom. The molecule has 4 nitrogen and oxygen atoms in total. The Labute approximate surface area is 135 Å². The number of nitrogens with zero attached hydrogens (tertiary/aromatic N) is 4. The van der Waals surface area contributed by atoms with Gasteiger partial charge in [0, 0.05) is 42.8 Å². The Hall–Kier alpha value is -1.98. The smallest absolute Gasteiger partial charge is 0.123 e. The van der Waals surface area contributed by atoms with Crippen LogP contribution in [0.4, 0.5) is 0 Å². The number of rotatable bonds is 5. The molecule has 0 aliphatic rings. The molecule has 5 heteroatoms. The van der Waals surface area contributed by atoms with Crippen LogP contribution in [0, 0.1) is 6.92 Å². The highest BCUT2D eigenvalue weighted by molar-refractivity contribution is 7.13. The molecule has 0 radical (unpaired) electrons. The van der Waals surface area contributed by atoms with Crippen LogP contribution in [-0.4, -0.2) is 26.7 Å². The van der Waals surface area contributed by atoms with Crippen molar-refractivity contribution in [3.05, 3.63) is 58.9 Å². The van der Waals surface area contributed by atoms with Gasteiger partial charge in [-0.15, -0.1) is 11.3 Å². The first-order valence-electron chi connectivity index (χ1n) is 7.27. The lowest BCUT2D eigenvalue weighted by atomic mass is 10.1. The fourth-order valence-corrected chi connectivity index (χ4v) is 3.30. The van der Waals surface area contributed by atoms with E-state index in [1.54, 1.807) is 11.3 Å². The van der Waals surface area contributed by atoms with Gasteiger partial charge in [0.05, 0.1) is 11.9 Å². The molecule has 114 valence electrons. The molecule has 2 heterocycles. The third kappa shape index (κ3) is 3.61. The van der Waals surface area contributed by atoms with E-state index in [2.05, 4.69) is 59.8 Å². The first-order chi connectivity index (χ1) is 10.6. The van der Waals surface area contributed by atoms with E-state index < -0.39 is 0 Å². The number of aromatic nitrogens is 3. The molecule has 0 saturated carbocycles. The highest BCUT2D eigenvalue weighted by atomic mass is 32.1. The predicted molar refractivity (Wildman–Crippen MR) is 90.7 cm³/mol. The summed E-state index contributed by atoms with van der Waals surface area (Å²) in [5.74, 6) is 0. The van der Waals surface area contributed by atoms with Gasteiger partial charge in [-0.3, -0.25) is 9.58 Å². The average molecular weight is 312 g/mol. The molecule has 0 spiro atoms. The highest BCUT2D eigenvalue weighted by Crippen LogP contribution is 2.25. The van der Waals surface area contributed by atoms with Gasteiger partial charge in [-0.1, -0.05) is 23.8 Å². The van der Waals surface area contributed by atoms with Gasteiger partial charge in [0.15, 0.2) is 0 Å². The number of hydrogen-bond acceptors (Lipinski definition) is 4. The monoisotopic (exact) mass is 312 g/mol. The van der Waals surface area contributed by atoms with Crippen molar-refractivity contribution in [1.82, 2.24) is 19.7 Å². The molecule has 0 N–H and O–H groups in total. The fourth-order valence-electron chi connectivity index (χ4n) is 2.49. The molecule has 0 aliphatic carbocycles. The Morgan fingerprint density at radius 3 is 2.86 bits per heavy atom. The lowest BCUT2D eigenvalue weighted by Gasteiger charge is -2.13. The lowest BCUT2D eigenvalue weighted by Crippen LogP contribution is -2.17. The van der Waals surface area contributed by atoms with Gasteiger partial charge in [0.1, 0.15) is 5.01 Å². The van der Waals surface area contributed by atoms with Crippen LogP contribution in [-0.2, 0) is 20.1 Å². The minimum atomic E-state index is 0.844. The predicted octanol–water partition coefficient (Wildman–Crippen LogP) is 3.48. The molecule has 0 unspecified atom stereocenters. The zero-order valence-electron chi connectivity index (χ0n) is 13.2. The largest absolute Gasteiger partial charge is 0.296 e. The summed E-state index contributed by atoms with van der Waals surface area (Å²) in [5, 5.41) is 7.45. The molecule has 3 rings (SSSR count). The number of aryl methyl sites for hydroxylation is 2. The summed E-state index contributed by atoms with van der Waals surface area (Å²) < 4.78 is 1.84. The fraction of sp³-hybridized carbons (Fsp3) is 0.294. The molecular formula is C17H20N4S. The Balaban J connectivity index is 1.66. The summed E-state index contributed by atoms with van der Waals surface area (Å²) in [5.41, 5.74) is 4.81. The van der Waals surface area contributed by atoms with Crippen molar-refractivity contribution >= 4 is 11.3 Å². The van der Waals surface area contributed by atoms with Gasteiger partial charge >= 0.3 is 0 Å². The maximum Gasteiger partial charge on any atom is 0.123 e. The van der Waals surface area contributed by atoms with Crippen LogP contribution in [0.2, 0.25) is 0 Å². The van der Waals surface area contributed by atoms with Crippen molar-refractivity contribution in [3.8, 4) is 10.6 Å². The molecule has 0 atom stereocenters. The third-order valence-electron chi connectivity index (χ3n) is 3.46. The summed E-state index contributed by atoms with van der Waals surface area (Å²) in [6.45, 7) is 3.84. The van der Waals surface area contributed by atoms with E-state index in [1.165, 1.54) is 16.7 Å². The molecule has 1 aromatic carbocycles. The van der Waals surface area contributed by atoms with Crippen LogP contribution >= 0.6 is 11.3 Å². The summed E-state index contributed by atoms with van der Waals surface area (Å²) in [7, 11) is 4.05. The van der Waals surface area contributed by atoms with E-state index in [9.17, 15) is 0 Å². The summed E-state index contributed by atoms with van der Waals surface area (Å²) in [6, 6.07) is 8.50. The number of thiazole rings is 1. The van der Waals surface area contributed by atoms with E-state index in [0.29, 0.717) is 0 Å². The van der Waals surface area contributed by atoms with Crippen molar-refractivity contribution in [2.45, 2.75) is 20.0 Å². The molecule has 3 aromatic rings. The Bertz CT molecular complexity index is 759. The summed E-state index contributed by atoms with van der Waals surface area (Å²) in [4.78, 5) is 7.02. The van der Waals surface area contributed by atoms with Crippen molar-refractivity contribution < 1.29 is 0 Å². The van der Waals surface area contributed by atoms with Gasteiger partial charge in [-0.25, -0.2) is 4.98 Å². The first kappa shape index (κ1) is 14.9. The van der Waals surface area contributed by atoms with Crippen molar-refractivity contribution in [1.29, 1.82) is 0 Å².